The molecule has 0 saturated heterocycles. The van der Waals surface area contributed by atoms with Gasteiger partial charge in [0.1, 0.15) is 0 Å². The van der Waals surface area contributed by atoms with Crippen molar-refractivity contribution in [2.75, 3.05) is 7.11 Å². The molecule has 2 nitrogen and oxygen atoms in total. The summed E-state index contributed by atoms with van der Waals surface area (Å²) >= 11 is 0. The Morgan fingerprint density at radius 1 is 1.25 bits per heavy atom. The number of allylic oxidation sites excluding steroid dienone is 1. The van der Waals surface area contributed by atoms with E-state index >= 15 is 0 Å². The average molecular weight is 222 g/mol. The molecule has 0 aromatic heterocycles. The molecule has 0 fully saturated rings. The van der Waals surface area contributed by atoms with Gasteiger partial charge in [0, 0.05) is 18.1 Å². The summed E-state index contributed by atoms with van der Waals surface area (Å²) in [7, 11) is 1.38. The molecule has 0 aromatic rings. The molecule has 0 bridgehead atoms. The van der Waals surface area contributed by atoms with Gasteiger partial charge in [-0.15, -0.1) is 0 Å². The number of methoxy groups -OCH3 is 1. The number of ether oxygens (including phenoxy) is 1. The molecule has 0 aromatic carbocycles. The summed E-state index contributed by atoms with van der Waals surface area (Å²) in [5, 5.41) is 0. The third-order valence-corrected chi connectivity index (χ3v) is 2.28. The van der Waals surface area contributed by atoms with E-state index in [1.165, 1.54) is 32.4 Å². The van der Waals surface area contributed by atoms with Crippen LogP contribution in [-0.2, 0) is 9.53 Å². The number of hydrogen-bond acceptors (Lipinski definition) is 2. The zero-order chi connectivity index (χ0) is 12.2. The molecule has 0 amide bonds. The summed E-state index contributed by atoms with van der Waals surface area (Å²) in [5.41, 5.74) is 0.849. The lowest BCUT2D eigenvalue weighted by Gasteiger charge is -1.94. The fourth-order valence-electron chi connectivity index (χ4n) is 1.24. The van der Waals surface area contributed by atoms with E-state index in [2.05, 4.69) is 23.5 Å². The molecule has 0 heterocycles. The molecule has 0 aliphatic rings. The second-order valence-electron chi connectivity index (χ2n) is 3.66. The first-order valence-electron chi connectivity index (χ1n) is 6.02. The summed E-state index contributed by atoms with van der Waals surface area (Å²) < 4.78 is 4.56. The van der Waals surface area contributed by atoms with Crippen molar-refractivity contribution < 1.29 is 9.53 Å². The number of esters is 1. The summed E-state index contributed by atoms with van der Waals surface area (Å²) in [6.07, 6.45) is 8.08. The summed E-state index contributed by atoms with van der Waals surface area (Å²) in [5.74, 6) is 5.80. The number of carbonyl (C=O) groups is 1. The van der Waals surface area contributed by atoms with Crippen molar-refractivity contribution in [1.82, 2.24) is 0 Å². The lowest BCUT2D eigenvalue weighted by Crippen LogP contribution is -1.96. The Bertz CT molecular complexity index is 279. The van der Waals surface area contributed by atoms with Crippen molar-refractivity contribution in [3.63, 3.8) is 0 Å². The third-order valence-electron chi connectivity index (χ3n) is 2.28. The Hall–Kier alpha value is -1.23. The van der Waals surface area contributed by atoms with Gasteiger partial charge in [-0.05, 0) is 12.8 Å². The molecule has 0 rings (SSSR count). The van der Waals surface area contributed by atoms with Gasteiger partial charge < -0.3 is 4.74 Å². The molecule has 0 aliphatic carbocycles. The van der Waals surface area contributed by atoms with Crippen LogP contribution in [0, 0.1) is 11.8 Å². The topological polar surface area (TPSA) is 26.3 Å². The molecular weight excluding hydrogens is 200 g/mol. The van der Waals surface area contributed by atoms with Crippen LogP contribution >= 0.6 is 0 Å². The zero-order valence-electron chi connectivity index (χ0n) is 10.6. The highest BCUT2D eigenvalue weighted by molar-refractivity contribution is 5.83. The van der Waals surface area contributed by atoms with Crippen molar-refractivity contribution in [2.45, 2.75) is 52.4 Å². The largest absolute Gasteiger partial charge is 0.466 e. The van der Waals surface area contributed by atoms with E-state index in [-0.39, 0.29) is 5.97 Å². The number of rotatable bonds is 6. The van der Waals surface area contributed by atoms with Gasteiger partial charge in [0.25, 0.3) is 0 Å². The maximum atomic E-state index is 11.0. The lowest BCUT2D eigenvalue weighted by atomic mass is 10.1. The number of unbranched alkanes of at least 4 members (excludes halogenated alkanes) is 4. The monoisotopic (exact) mass is 222 g/mol. The van der Waals surface area contributed by atoms with E-state index in [1.54, 1.807) is 0 Å². The minimum absolute atomic E-state index is 0.322. The van der Waals surface area contributed by atoms with Gasteiger partial charge in [-0.3, -0.25) is 0 Å². The van der Waals surface area contributed by atoms with Gasteiger partial charge in [-0.2, -0.15) is 0 Å². The Labute approximate surface area is 99.1 Å². The normalized spacial score (nSPS) is 10.6. The molecule has 2 heteroatoms. The van der Waals surface area contributed by atoms with Gasteiger partial charge in [0.15, 0.2) is 0 Å². The maximum absolute atomic E-state index is 11.0. The molecule has 0 saturated carbocycles. The molecular formula is C14H22O2. The van der Waals surface area contributed by atoms with Crippen LogP contribution in [0.5, 0.6) is 0 Å². The second kappa shape index (κ2) is 10.3. The minimum Gasteiger partial charge on any atom is -0.466 e. The smallest absolute Gasteiger partial charge is 0.331 e. The Balaban J connectivity index is 3.98. The van der Waals surface area contributed by atoms with Crippen molar-refractivity contribution in [3.05, 3.63) is 11.6 Å². The van der Waals surface area contributed by atoms with Crippen molar-refractivity contribution in [3.8, 4) is 11.8 Å². The molecule has 16 heavy (non-hydrogen) atoms. The molecule has 0 N–H and O–H groups in total. The Kier molecular flexibility index (Phi) is 9.50. The fourth-order valence-corrected chi connectivity index (χ4v) is 1.24. The van der Waals surface area contributed by atoms with Crippen molar-refractivity contribution in [1.29, 1.82) is 0 Å². The highest BCUT2D eigenvalue weighted by atomic mass is 16.5. The van der Waals surface area contributed by atoms with Crippen LogP contribution in [0.15, 0.2) is 11.6 Å². The zero-order valence-corrected chi connectivity index (χ0v) is 10.6. The van der Waals surface area contributed by atoms with Crippen LogP contribution in [0.2, 0.25) is 0 Å². The highest BCUT2D eigenvalue weighted by Gasteiger charge is 1.95. The maximum Gasteiger partial charge on any atom is 0.331 e. The standard InChI is InChI=1S/C14H22O2/c1-4-6-7-8-9-10-11-13(5-2)12-14(15)16-3/h12H,4-9H2,1-3H3/b13-12+. The molecule has 0 radical (unpaired) electrons. The summed E-state index contributed by atoms with van der Waals surface area (Å²) in [6, 6.07) is 0. The van der Waals surface area contributed by atoms with Crippen LogP contribution in [0.4, 0.5) is 0 Å². The van der Waals surface area contributed by atoms with Gasteiger partial charge in [-0.25, -0.2) is 4.79 Å². The van der Waals surface area contributed by atoms with Gasteiger partial charge >= 0.3 is 5.97 Å². The van der Waals surface area contributed by atoms with E-state index in [4.69, 9.17) is 0 Å². The number of carbonyl (C=O) groups excluding carboxylic acids is 1. The molecule has 90 valence electrons. The van der Waals surface area contributed by atoms with Gasteiger partial charge in [0.2, 0.25) is 0 Å². The quantitative estimate of drug-likeness (QED) is 0.298. The predicted molar refractivity (Wildman–Crippen MR) is 66.9 cm³/mol. The Morgan fingerprint density at radius 2 is 2.00 bits per heavy atom. The van der Waals surface area contributed by atoms with Gasteiger partial charge in [-0.1, -0.05) is 45.0 Å². The second-order valence-corrected chi connectivity index (χ2v) is 3.66. The number of hydrogen-bond donors (Lipinski definition) is 0. The Morgan fingerprint density at radius 3 is 2.56 bits per heavy atom. The lowest BCUT2D eigenvalue weighted by molar-refractivity contribution is -0.134. The first kappa shape index (κ1) is 14.8. The van der Waals surface area contributed by atoms with E-state index in [1.807, 2.05) is 6.92 Å². The van der Waals surface area contributed by atoms with E-state index < -0.39 is 0 Å². The first-order chi connectivity index (χ1) is 7.74. The van der Waals surface area contributed by atoms with E-state index in [9.17, 15) is 4.79 Å². The average Bonchev–Trinajstić information content (AvgIpc) is 2.31. The van der Waals surface area contributed by atoms with Crippen LogP contribution < -0.4 is 0 Å². The van der Waals surface area contributed by atoms with Crippen LogP contribution in [0.3, 0.4) is 0 Å². The molecule has 0 atom stereocenters. The highest BCUT2D eigenvalue weighted by Crippen LogP contribution is 2.03. The predicted octanol–water partition coefficient (Wildman–Crippen LogP) is 3.47. The fraction of sp³-hybridized carbons (Fsp3) is 0.643. The molecule has 0 unspecified atom stereocenters. The van der Waals surface area contributed by atoms with Crippen LogP contribution in [0.1, 0.15) is 52.4 Å². The van der Waals surface area contributed by atoms with E-state index in [0.29, 0.717) is 0 Å². The van der Waals surface area contributed by atoms with E-state index in [0.717, 1.165) is 24.8 Å². The summed E-state index contributed by atoms with van der Waals surface area (Å²) in [6.45, 7) is 4.18. The van der Waals surface area contributed by atoms with Crippen molar-refractivity contribution >= 4 is 5.97 Å². The molecule has 0 spiro atoms. The van der Waals surface area contributed by atoms with Crippen molar-refractivity contribution in [2.24, 2.45) is 0 Å². The van der Waals surface area contributed by atoms with Gasteiger partial charge in [0.05, 0.1) is 7.11 Å². The third kappa shape index (κ3) is 8.11. The van der Waals surface area contributed by atoms with Crippen LogP contribution in [0.25, 0.3) is 0 Å². The molecule has 0 aliphatic heterocycles. The SMILES string of the molecule is CCCCCCC#C/C(=C/C(=O)OC)CC. The summed E-state index contributed by atoms with van der Waals surface area (Å²) in [4.78, 5) is 11.0. The van der Waals surface area contributed by atoms with Crippen LogP contribution in [-0.4, -0.2) is 13.1 Å². The minimum atomic E-state index is -0.322. The first-order valence-corrected chi connectivity index (χ1v) is 6.02.